The Morgan fingerprint density at radius 2 is 1.71 bits per heavy atom. The molecule has 4 aliphatic heterocycles. The molecule has 4 N–H and O–H groups in total. The van der Waals surface area contributed by atoms with E-state index >= 15 is 0 Å². The van der Waals surface area contributed by atoms with Crippen LogP contribution < -0.4 is 25.6 Å². The molecule has 6 aliphatic rings. The molecule has 2 aromatic carbocycles. The van der Waals surface area contributed by atoms with Crippen molar-refractivity contribution in [1.29, 1.82) is 0 Å². The number of aliphatic hydroxyl groups excluding tert-OH is 1. The third-order valence-electron chi connectivity index (χ3n) is 14.3. The largest absolute Gasteiger partial charge is 0.488 e. The number of benzene rings is 2. The highest BCUT2D eigenvalue weighted by Gasteiger charge is 2.47. The van der Waals surface area contributed by atoms with E-state index in [0.29, 0.717) is 61.6 Å². The van der Waals surface area contributed by atoms with E-state index in [2.05, 4.69) is 41.8 Å². The molecule has 356 valence electrons. The Hall–Kier alpha value is -5.17. The average Bonchev–Trinajstić information content (AvgIpc) is 4.07. The summed E-state index contributed by atoms with van der Waals surface area (Å²) in [4.78, 5) is 64.1. The topological polar surface area (TPSA) is 207 Å². The van der Waals surface area contributed by atoms with Gasteiger partial charge in [-0.1, -0.05) is 25.3 Å². The fraction of sp³-hybridized carbons (Fsp3) is 0.583. The first-order valence-electron chi connectivity index (χ1n) is 23.8. The molecule has 66 heavy (non-hydrogen) atoms. The molecule has 0 radical (unpaired) electrons. The number of hydrogen-bond acceptors (Lipinski definition) is 14. The molecule has 1 atom stereocenters. The predicted molar refractivity (Wildman–Crippen MR) is 250 cm³/mol. The lowest BCUT2D eigenvalue weighted by atomic mass is 9.97. The molecule has 17 nitrogen and oxygen atoms in total. The maximum atomic E-state index is 13.7. The van der Waals surface area contributed by atoms with Crippen molar-refractivity contribution in [1.82, 2.24) is 29.4 Å². The number of fused-ring (bicyclic) bond motifs is 1. The minimum Gasteiger partial charge on any atom is -0.488 e. The number of sulfonamides is 1. The van der Waals surface area contributed by atoms with E-state index in [9.17, 15) is 27.6 Å². The second kappa shape index (κ2) is 20.8. The number of ether oxygens (including phenoxy) is 1. The smallest absolute Gasteiger partial charge is 0.255 e. The lowest BCUT2D eigenvalue weighted by Crippen LogP contribution is -2.59. The molecular formula is C48H65N9O8S. The van der Waals surface area contributed by atoms with Gasteiger partial charge in [0.2, 0.25) is 21.9 Å². The number of anilines is 3. The zero-order chi connectivity index (χ0) is 46.4. The summed E-state index contributed by atoms with van der Waals surface area (Å²) >= 11 is 0. The molecule has 3 aromatic rings. The molecule has 2 saturated carbocycles. The Labute approximate surface area is 388 Å². The third-order valence-corrected chi connectivity index (χ3v) is 16.2. The number of nitrogens with zero attached hydrogens (tertiary/aromatic N) is 6. The number of aliphatic hydroxyl groups is 1. The van der Waals surface area contributed by atoms with E-state index < -0.39 is 21.5 Å². The summed E-state index contributed by atoms with van der Waals surface area (Å²) in [6, 6.07) is 12.5. The van der Waals surface area contributed by atoms with Crippen LogP contribution in [0.3, 0.4) is 0 Å². The Kier molecular flexibility index (Phi) is 14.9. The van der Waals surface area contributed by atoms with E-state index in [0.717, 1.165) is 94.1 Å². The van der Waals surface area contributed by atoms with Crippen LogP contribution in [0.25, 0.3) is 0 Å². The van der Waals surface area contributed by atoms with E-state index in [-0.39, 0.29) is 47.8 Å². The van der Waals surface area contributed by atoms with Crippen molar-refractivity contribution in [2.75, 3.05) is 68.9 Å². The van der Waals surface area contributed by atoms with Crippen LogP contribution in [0.4, 0.5) is 17.5 Å². The molecule has 2 aliphatic carbocycles. The maximum absolute atomic E-state index is 13.7. The number of carbonyl (C=O) groups excluding carboxylic acids is 4. The van der Waals surface area contributed by atoms with Gasteiger partial charge in [0.05, 0.1) is 16.4 Å². The van der Waals surface area contributed by atoms with E-state index in [4.69, 9.17) is 9.84 Å². The summed E-state index contributed by atoms with van der Waals surface area (Å²) in [7, 11) is -0.405. The summed E-state index contributed by atoms with van der Waals surface area (Å²) < 4.78 is 35.3. The highest BCUT2D eigenvalue weighted by molar-refractivity contribution is 7.89. The lowest BCUT2D eigenvalue weighted by molar-refractivity contribution is -0.125. The summed E-state index contributed by atoms with van der Waals surface area (Å²) in [5, 5.41) is 18.0. The second-order valence-electron chi connectivity index (χ2n) is 18.6. The normalized spacial score (nSPS) is 21.2. The first kappa shape index (κ1) is 47.3. The fourth-order valence-corrected chi connectivity index (χ4v) is 11.6. The standard InChI is InChI=1S/C42H53N9O7S.C6H12O/c1-43-38-36(42(27-53)14-15-42)23-45-41(47-38)46-29-10-18-50(19-11-29)59(56,57)34-6-3-5-32(22-34)58-33-25-49(26-33)30-12-16-48(17-13-30)31-8-9-35-28(21-31)24-51(40(35)55)37(7-4-20-52)39(54)44-2;7-6-4-2-1-3-5-6/h3,5-6,8-9,20-23,27,29-30,33,37H,4,7,10-19,24-26H2,1-2H3,(H,44,54)(H2,43,45,46,47);6-7H,1-5H2. The number of likely N-dealkylation sites (N-methyl/N-ethyl adjacent to an activating group) is 1. The van der Waals surface area contributed by atoms with Crippen molar-refractivity contribution in [3.05, 3.63) is 65.4 Å². The van der Waals surface area contributed by atoms with Crippen LogP contribution in [0.1, 0.15) is 105 Å². The van der Waals surface area contributed by atoms with E-state index in [1.165, 1.54) is 30.6 Å². The van der Waals surface area contributed by atoms with Crippen LogP contribution in [-0.4, -0.2) is 146 Å². The molecule has 1 unspecified atom stereocenters. The number of likely N-dealkylation sites (tertiary alicyclic amines) is 1. The fourth-order valence-electron chi connectivity index (χ4n) is 10.1. The van der Waals surface area contributed by atoms with Gasteiger partial charge < -0.3 is 45.2 Å². The van der Waals surface area contributed by atoms with Gasteiger partial charge >= 0.3 is 0 Å². The molecule has 5 heterocycles. The minimum absolute atomic E-state index is 0.00983. The van der Waals surface area contributed by atoms with Crippen LogP contribution in [0.5, 0.6) is 5.75 Å². The van der Waals surface area contributed by atoms with E-state index in [1.54, 1.807) is 36.3 Å². The average molecular weight is 928 g/mol. The van der Waals surface area contributed by atoms with Crippen LogP contribution in [0, 0.1) is 0 Å². The molecule has 0 bridgehead atoms. The highest BCUT2D eigenvalue weighted by atomic mass is 32.2. The maximum Gasteiger partial charge on any atom is 0.255 e. The molecule has 5 fully saturated rings. The second-order valence-corrected chi connectivity index (χ2v) is 20.6. The van der Waals surface area contributed by atoms with Crippen molar-refractivity contribution in [3.8, 4) is 5.75 Å². The van der Waals surface area contributed by atoms with Crippen molar-refractivity contribution in [2.45, 2.75) is 131 Å². The van der Waals surface area contributed by atoms with Gasteiger partial charge in [-0.2, -0.15) is 9.29 Å². The van der Waals surface area contributed by atoms with E-state index in [1.807, 2.05) is 18.2 Å². The summed E-state index contributed by atoms with van der Waals surface area (Å²) in [6.45, 7) is 4.36. The lowest BCUT2D eigenvalue weighted by Gasteiger charge is -2.47. The number of rotatable bonds is 16. The number of aromatic nitrogens is 2. The molecular weight excluding hydrogens is 863 g/mol. The zero-order valence-corrected chi connectivity index (χ0v) is 39.0. The van der Waals surface area contributed by atoms with Crippen LogP contribution in [-0.2, 0) is 36.4 Å². The van der Waals surface area contributed by atoms with Crippen LogP contribution >= 0.6 is 0 Å². The van der Waals surface area contributed by atoms with Crippen molar-refractivity contribution in [3.63, 3.8) is 0 Å². The third kappa shape index (κ3) is 10.5. The van der Waals surface area contributed by atoms with Crippen molar-refractivity contribution in [2.24, 2.45) is 0 Å². The Bertz CT molecular complexity index is 2320. The Morgan fingerprint density at radius 1 is 0.970 bits per heavy atom. The Balaban J connectivity index is 0.000000774. The molecule has 0 spiro atoms. The molecule has 1 aromatic heterocycles. The number of piperidine rings is 2. The van der Waals surface area contributed by atoms with Gasteiger partial charge in [-0.15, -0.1) is 0 Å². The SMILES string of the molecule is CNC(=O)C(CCC=O)N1Cc2cc(N3CCC(N4CC(Oc5cccc(S(=O)(=O)N6CCC(Nc7ncc(C8(C=O)CC8)c(NC)n7)CC6)c5)C4)CC3)ccc2C1=O.OC1CCCCC1. The predicted octanol–water partition coefficient (Wildman–Crippen LogP) is 4.11. The highest BCUT2D eigenvalue weighted by Crippen LogP contribution is 2.48. The Morgan fingerprint density at radius 3 is 2.35 bits per heavy atom. The van der Waals surface area contributed by atoms with Gasteiger partial charge in [0.25, 0.3) is 5.91 Å². The van der Waals surface area contributed by atoms with Crippen LogP contribution in [0.15, 0.2) is 53.6 Å². The zero-order valence-electron chi connectivity index (χ0n) is 38.2. The minimum atomic E-state index is -3.72. The van der Waals surface area contributed by atoms with Gasteiger partial charge in [0, 0.05) is 107 Å². The van der Waals surface area contributed by atoms with Gasteiger partial charge in [-0.25, -0.2) is 13.4 Å². The first-order chi connectivity index (χ1) is 31.9. The van der Waals surface area contributed by atoms with Crippen molar-refractivity contribution >= 4 is 51.9 Å². The van der Waals surface area contributed by atoms with Crippen molar-refractivity contribution < 1.29 is 37.4 Å². The van der Waals surface area contributed by atoms with Crippen LogP contribution in [0.2, 0.25) is 0 Å². The quantitative estimate of drug-likeness (QED) is 0.149. The molecule has 18 heteroatoms. The summed E-state index contributed by atoms with van der Waals surface area (Å²) in [5.41, 5.74) is 2.89. The number of hydrogen-bond donors (Lipinski definition) is 4. The van der Waals surface area contributed by atoms with Gasteiger partial charge in [-0.3, -0.25) is 14.5 Å². The van der Waals surface area contributed by atoms with Gasteiger partial charge in [-0.05, 0) is 93.7 Å². The number of carbonyl (C=O) groups is 4. The molecule has 3 saturated heterocycles. The monoisotopic (exact) mass is 927 g/mol. The number of amides is 2. The van der Waals surface area contributed by atoms with Gasteiger partial charge in [0.15, 0.2) is 0 Å². The number of nitrogens with one attached hydrogen (secondary N) is 3. The van der Waals surface area contributed by atoms with Gasteiger partial charge in [0.1, 0.15) is 36.3 Å². The number of aldehydes is 2. The molecule has 9 rings (SSSR count). The first-order valence-corrected chi connectivity index (χ1v) is 25.2. The summed E-state index contributed by atoms with van der Waals surface area (Å²) in [5.74, 6) is 1.19. The summed E-state index contributed by atoms with van der Waals surface area (Å²) in [6.07, 6.45) is 14.6. The molecule has 2 amide bonds.